The summed E-state index contributed by atoms with van der Waals surface area (Å²) in [6.07, 6.45) is 0.337. The van der Waals surface area contributed by atoms with Gasteiger partial charge in [0, 0.05) is 6.04 Å². The quantitative estimate of drug-likeness (QED) is 0.878. The number of carbonyl (C=O) groups excluding carboxylic acids is 2. The Morgan fingerprint density at radius 3 is 2.46 bits per heavy atom. The smallest absolute Gasteiger partial charge is 0.325 e. The van der Waals surface area contributed by atoms with Crippen LogP contribution in [0.25, 0.3) is 10.8 Å². The lowest BCUT2D eigenvalue weighted by atomic mass is 9.89. The van der Waals surface area contributed by atoms with E-state index in [4.69, 9.17) is 9.47 Å². The van der Waals surface area contributed by atoms with Crippen LogP contribution in [0.3, 0.4) is 0 Å². The van der Waals surface area contributed by atoms with E-state index >= 15 is 0 Å². The van der Waals surface area contributed by atoms with Gasteiger partial charge in [-0.05, 0) is 35.7 Å². The monoisotopic (exact) mass is 327 g/mol. The van der Waals surface area contributed by atoms with E-state index in [2.05, 4.69) is 5.32 Å². The summed E-state index contributed by atoms with van der Waals surface area (Å²) in [7, 11) is 2.72. The summed E-state index contributed by atoms with van der Waals surface area (Å²) in [5, 5.41) is 5.51. The van der Waals surface area contributed by atoms with E-state index in [1.165, 1.54) is 14.2 Å². The maximum atomic E-state index is 12.2. The van der Waals surface area contributed by atoms with E-state index < -0.39 is 11.5 Å². The van der Waals surface area contributed by atoms with E-state index in [1.54, 1.807) is 6.92 Å². The van der Waals surface area contributed by atoms with Crippen molar-refractivity contribution in [3.8, 4) is 0 Å². The van der Waals surface area contributed by atoms with Crippen molar-refractivity contribution in [1.29, 1.82) is 0 Å². The van der Waals surface area contributed by atoms with Crippen molar-refractivity contribution in [3.05, 3.63) is 48.0 Å². The molecular weight excluding hydrogens is 306 g/mol. The highest BCUT2D eigenvalue weighted by atomic mass is 16.5. The van der Waals surface area contributed by atoms with Crippen LogP contribution in [0.15, 0.2) is 42.5 Å². The molecule has 2 aromatic rings. The molecule has 3 rings (SSSR count). The molecule has 0 radical (unpaired) electrons. The molecule has 0 unspecified atom stereocenters. The molecule has 1 aliphatic rings. The highest BCUT2D eigenvalue weighted by Gasteiger charge is 2.50. The molecule has 5 nitrogen and oxygen atoms in total. The maximum Gasteiger partial charge on any atom is 0.325 e. The fraction of sp³-hybridized carbons (Fsp3) is 0.368. The minimum absolute atomic E-state index is 0.300. The Kier molecular flexibility index (Phi) is 4.28. The zero-order valence-electron chi connectivity index (χ0n) is 14.0. The van der Waals surface area contributed by atoms with Crippen LogP contribution in [0.2, 0.25) is 0 Å². The van der Waals surface area contributed by atoms with Crippen LogP contribution in [-0.2, 0) is 19.1 Å². The molecule has 1 aliphatic heterocycles. The molecule has 1 N–H and O–H groups in total. The number of nitrogens with one attached hydrogen (secondary N) is 1. The maximum absolute atomic E-state index is 12.2. The number of rotatable bonds is 3. The summed E-state index contributed by atoms with van der Waals surface area (Å²) >= 11 is 0. The molecule has 0 aliphatic carbocycles. The van der Waals surface area contributed by atoms with Crippen LogP contribution in [-0.4, -0.2) is 31.7 Å². The van der Waals surface area contributed by atoms with Crippen LogP contribution in [0.5, 0.6) is 0 Å². The van der Waals surface area contributed by atoms with Gasteiger partial charge < -0.3 is 9.47 Å². The molecular formula is C19H21NO4. The van der Waals surface area contributed by atoms with Crippen molar-refractivity contribution < 1.29 is 19.1 Å². The second-order valence-corrected chi connectivity index (χ2v) is 6.39. The van der Waals surface area contributed by atoms with Crippen LogP contribution < -0.4 is 5.32 Å². The molecule has 0 amide bonds. The summed E-state index contributed by atoms with van der Waals surface area (Å²) in [5.74, 6) is -1.15. The van der Waals surface area contributed by atoms with Gasteiger partial charge in [-0.3, -0.25) is 14.9 Å². The first-order chi connectivity index (χ1) is 11.5. The van der Waals surface area contributed by atoms with Gasteiger partial charge in [0.05, 0.1) is 20.1 Å². The van der Waals surface area contributed by atoms with Gasteiger partial charge in [0.1, 0.15) is 5.54 Å². The third kappa shape index (κ3) is 2.76. The van der Waals surface area contributed by atoms with E-state index in [0.717, 1.165) is 16.3 Å². The number of hydrogen-bond donors (Lipinski definition) is 1. The Morgan fingerprint density at radius 1 is 1.08 bits per heavy atom. The molecule has 1 fully saturated rings. The highest BCUT2D eigenvalue weighted by molar-refractivity contribution is 5.85. The highest BCUT2D eigenvalue weighted by Crippen LogP contribution is 2.40. The number of benzene rings is 2. The molecule has 0 aromatic heterocycles. The fourth-order valence-electron chi connectivity index (χ4n) is 3.52. The standard InChI is InChI=1S/C19H21NO4/c1-19(18(22)24-3)11-15(17(21)23-2)16(20-19)14-9-8-12-6-4-5-7-13(12)10-14/h4-10,15-16,20H,11H2,1-3H3/t15-,16-,19-/m1/s1. The molecule has 1 saturated heterocycles. The summed E-state index contributed by atoms with van der Waals surface area (Å²) in [5.41, 5.74) is 0.0425. The first kappa shape index (κ1) is 16.5. The molecule has 0 bridgehead atoms. The zero-order valence-corrected chi connectivity index (χ0v) is 14.0. The first-order valence-corrected chi connectivity index (χ1v) is 7.91. The number of ether oxygens (including phenoxy) is 2. The number of fused-ring (bicyclic) bond motifs is 1. The Balaban J connectivity index is 2.01. The molecule has 5 heteroatoms. The van der Waals surface area contributed by atoms with E-state index in [1.807, 2.05) is 42.5 Å². The topological polar surface area (TPSA) is 64.6 Å². The third-order valence-electron chi connectivity index (χ3n) is 4.78. The van der Waals surface area contributed by atoms with Crippen molar-refractivity contribution in [1.82, 2.24) is 5.32 Å². The van der Waals surface area contributed by atoms with E-state index in [0.29, 0.717) is 6.42 Å². The van der Waals surface area contributed by atoms with Crippen LogP contribution >= 0.6 is 0 Å². The van der Waals surface area contributed by atoms with Gasteiger partial charge in [0.2, 0.25) is 0 Å². The van der Waals surface area contributed by atoms with Crippen molar-refractivity contribution in [2.45, 2.75) is 24.9 Å². The van der Waals surface area contributed by atoms with E-state index in [9.17, 15) is 9.59 Å². The lowest BCUT2D eigenvalue weighted by molar-refractivity contribution is -0.148. The van der Waals surface area contributed by atoms with Gasteiger partial charge in [-0.2, -0.15) is 0 Å². The summed E-state index contributed by atoms with van der Waals surface area (Å²) < 4.78 is 9.85. The molecule has 126 valence electrons. The van der Waals surface area contributed by atoms with Gasteiger partial charge >= 0.3 is 11.9 Å². The Bertz CT molecular complexity index is 788. The predicted molar refractivity (Wildman–Crippen MR) is 90.4 cm³/mol. The fourth-order valence-corrected chi connectivity index (χ4v) is 3.52. The van der Waals surface area contributed by atoms with Gasteiger partial charge in [-0.15, -0.1) is 0 Å². The first-order valence-electron chi connectivity index (χ1n) is 7.91. The average Bonchev–Trinajstić information content (AvgIpc) is 2.99. The third-order valence-corrected chi connectivity index (χ3v) is 4.78. The van der Waals surface area contributed by atoms with Gasteiger partial charge in [-0.1, -0.05) is 36.4 Å². The van der Waals surface area contributed by atoms with Crippen LogP contribution in [0.1, 0.15) is 24.9 Å². The normalized spacial score (nSPS) is 26.3. The molecule has 0 saturated carbocycles. The molecule has 24 heavy (non-hydrogen) atoms. The largest absolute Gasteiger partial charge is 0.469 e. The van der Waals surface area contributed by atoms with Gasteiger partial charge in [-0.25, -0.2) is 0 Å². The summed E-state index contributed by atoms with van der Waals surface area (Å²) in [6, 6.07) is 13.8. The Labute approximate surface area is 140 Å². The van der Waals surface area contributed by atoms with Crippen molar-refractivity contribution in [3.63, 3.8) is 0 Å². The second-order valence-electron chi connectivity index (χ2n) is 6.39. The average molecular weight is 327 g/mol. The van der Waals surface area contributed by atoms with Crippen molar-refractivity contribution >= 4 is 22.7 Å². The van der Waals surface area contributed by atoms with Crippen molar-refractivity contribution in [2.75, 3.05) is 14.2 Å². The minimum atomic E-state index is -0.913. The number of esters is 2. The van der Waals surface area contributed by atoms with Gasteiger partial charge in [0.25, 0.3) is 0 Å². The van der Waals surface area contributed by atoms with E-state index in [-0.39, 0.29) is 18.0 Å². The summed E-state index contributed by atoms with van der Waals surface area (Å²) in [4.78, 5) is 24.4. The lowest BCUT2D eigenvalue weighted by Crippen LogP contribution is -2.45. The van der Waals surface area contributed by atoms with Gasteiger partial charge in [0.15, 0.2) is 0 Å². The Hall–Kier alpha value is -2.40. The van der Waals surface area contributed by atoms with Crippen LogP contribution in [0.4, 0.5) is 0 Å². The zero-order chi connectivity index (χ0) is 17.3. The SMILES string of the molecule is COC(=O)[C@@H]1C[C@](C)(C(=O)OC)N[C@@H]1c1ccc2ccccc2c1. The Morgan fingerprint density at radius 2 is 1.79 bits per heavy atom. The van der Waals surface area contributed by atoms with Crippen molar-refractivity contribution in [2.24, 2.45) is 5.92 Å². The molecule has 3 atom stereocenters. The molecule has 2 aromatic carbocycles. The van der Waals surface area contributed by atoms with Crippen LogP contribution in [0, 0.1) is 5.92 Å². The molecule has 0 spiro atoms. The lowest BCUT2D eigenvalue weighted by Gasteiger charge is -2.23. The minimum Gasteiger partial charge on any atom is -0.469 e. The summed E-state index contributed by atoms with van der Waals surface area (Å²) in [6.45, 7) is 1.76. The second kappa shape index (κ2) is 6.24. The molecule has 1 heterocycles. The number of carbonyl (C=O) groups is 2. The number of hydrogen-bond acceptors (Lipinski definition) is 5. The number of methoxy groups -OCH3 is 2. The predicted octanol–water partition coefficient (Wildman–Crippen LogP) is 2.60.